The summed E-state index contributed by atoms with van der Waals surface area (Å²) in [5.74, 6) is 0.492. The molecule has 2 N–H and O–H groups in total. The summed E-state index contributed by atoms with van der Waals surface area (Å²) in [6.07, 6.45) is 2.75. The van der Waals surface area contributed by atoms with Gasteiger partial charge in [0.15, 0.2) is 0 Å². The maximum absolute atomic E-state index is 12.2. The summed E-state index contributed by atoms with van der Waals surface area (Å²) >= 11 is 6.22. The Balaban J connectivity index is 1.83. The lowest BCUT2D eigenvalue weighted by molar-refractivity contribution is -0.117. The van der Waals surface area contributed by atoms with Crippen molar-refractivity contribution >= 4 is 34.1 Å². The Bertz CT molecular complexity index is 666. The molecule has 0 bridgehead atoms. The van der Waals surface area contributed by atoms with Gasteiger partial charge in [-0.05, 0) is 31.0 Å². The van der Waals surface area contributed by atoms with Gasteiger partial charge in [0.05, 0.1) is 22.3 Å². The molecule has 106 valence electrons. The monoisotopic (exact) mass is 292 g/mol. The molecule has 1 unspecified atom stereocenters. The smallest absolute Gasteiger partial charge is 0.241 e. The molecule has 1 fully saturated rings. The van der Waals surface area contributed by atoms with Gasteiger partial charge in [0.25, 0.3) is 0 Å². The summed E-state index contributed by atoms with van der Waals surface area (Å²) in [6, 6.07) is 3.50. The summed E-state index contributed by atoms with van der Waals surface area (Å²) in [4.78, 5) is 12.2. The molecule has 0 radical (unpaired) electrons. The topological polar surface area (TPSA) is 59.0 Å². The van der Waals surface area contributed by atoms with Crippen LogP contribution in [-0.4, -0.2) is 28.3 Å². The van der Waals surface area contributed by atoms with Gasteiger partial charge in [-0.15, -0.1) is 0 Å². The summed E-state index contributed by atoms with van der Waals surface area (Å²) in [5, 5.41) is 11.9. The summed E-state index contributed by atoms with van der Waals surface area (Å²) in [7, 11) is 1.86. The first-order chi connectivity index (χ1) is 9.52. The van der Waals surface area contributed by atoms with Gasteiger partial charge in [-0.2, -0.15) is 5.10 Å². The Morgan fingerprint density at radius 3 is 3.05 bits per heavy atom. The molecule has 1 saturated heterocycles. The Labute approximate surface area is 122 Å². The SMILES string of the molecule is CC1CN[C@H](C(=O)Nc2cc3nn(C)cc3cc2Cl)C1. The van der Waals surface area contributed by atoms with Crippen LogP contribution in [0.4, 0.5) is 5.69 Å². The molecular formula is C14H17ClN4O. The lowest BCUT2D eigenvalue weighted by atomic mass is 10.1. The quantitative estimate of drug-likeness (QED) is 0.892. The molecule has 0 aliphatic carbocycles. The van der Waals surface area contributed by atoms with Gasteiger partial charge in [0.1, 0.15) is 0 Å². The van der Waals surface area contributed by atoms with E-state index in [0.29, 0.717) is 16.6 Å². The van der Waals surface area contributed by atoms with Crippen LogP contribution in [0, 0.1) is 5.92 Å². The molecular weight excluding hydrogens is 276 g/mol. The number of aryl methyl sites for hydroxylation is 1. The van der Waals surface area contributed by atoms with E-state index in [0.717, 1.165) is 23.9 Å². The second-order valence-electron chi connectivity index (χ2n) is 5.48. The largest absolute Gasteiger partial charge is 0.323 e. The van der Waals surface area contributed by atoms with Crippen molar-refractivity contribution in [2.24, 2.45) is 13.0 Å². The number of amides is 1. The fourth-order valence-electron chi connectivity index (χ4n) is 2.60. The van der Waals surface area contributed by atoms with Crippen LogP contribution in [0.5, 0.6) is 0 Å². The summed E-state index contributed by atoms with van der Waals surface area (Å²) < 4.78 is 1.73. The maximum Gasteiger partial charge on any atom is 0.241 e. The molecule has 1 aliphatic rings. The molecule has 0 saturated carbocycles. The number of carbonyl (C=O) groups is 1. The molecule has 20 heavy (non-hydrogen) atoms. The van der Waals surface area contributed by atoms with E-state index in [4.69, 9.17) is 11.6 Å². The number of anilines is 1. The van der Waals surface area contributed by atoms with Gasteiger partial charge in [-0.1, -0.05) is 18.5 Å². The lowest BCUT2D eigenvalue weighted by Gasteiger charge is -2.12. The first kappa shape index (κ1) is 13.4. The highest BCUT2D eigenvalue weighted by Crippen LogP contribution is 2.28. The Kier molecular flexibility index (Phi) is 3.40. The van der Waals surface area contributed by atoms with Crippen LogP contribution in [-0.2, 0) is 11.8 Å². The number of hydrogen-bond acceptors (Lipinski definition) is 3. The zero-order valence-electron chi connectivity index (χ0n) is 11.5. The number of aromatic nitrogens is 2. The van der Waals surface area contributed by atoms with Gasteiger partial charge in [0, 0.05) is 18.6 Å². The molecule has 2 atom stereocenters. The number of nitrogens with one attached hydrogen (secondary N) is 2. The van der Waals surface area contributed by atoms with Crippen molar-refractivity contribution in [3.8, 4) is 0 Å². The van der Waals surface area contributed by atoms with E-state index in [1.54, 1.807) is 4.68 Å². The van der Waals surface area contributed by atoms with E-state index in [2.05, 4.69) is 22.7 Å². The number of carbonyl (C=O) groups excluding carboxylic acids is 1. The third-order valence-electron chi connectivity index (χ3n) is 3.63. The number of fused-ring (bicyclic) bond motifs is 1. The molecule has 0 spiro atoms. The molecule has 1 aromatic carbocycles. The second-order valence-corrected chi connectivity index (χ2v) is 5.89. The molecule has 3 rings (SSSR count). The Morgan fingerprint density at radius 2 is 2.35 bits per heavy atom. The highest BCUT2D eigenvalue weighted by atomic mass is 35.5. The van der Waals surface area contributed by atoms with Gasteiger partial charge in [0.2, 0.25) is 5.91 Å². The van der Waals surface area contributed by atoms with Crippen LogP contribution in [0.1, 0.15) is 13.3 Å². The van der Waals surface area contributed by atoms with E-state index >= 15 is 0 Å². The summed E-state index contributed by atoms with van der Waals surface area (Å²) in [5.41, 5.74) is 1.43. The van der Waals surface area contributed by atoms with Crippen LogP contribution >= 0.6 is 11.6 Å². The average Bonchev–Trinajstić information content (AvgIpc) is 2.95. The third kappa shape index (κ3) is 2.51. The minimum Gasteiger partial charge on any atom is -0.323 e. The van der Waals surface area contributed by atoms with Crippen molar-refractivity contribution in [1.82, 2.24) is 15.1 Å². The zero-order valence-corrected chi connectivity index (χ0v) is 12.2. The van der Waals surface area contributed by atoms with E-state index in [1.807, 2.05) is 25.4 Å². The van der Waals surface area contributed by atoms with Crippen molar-refractivity contribution in [1.29, 1.82) is 0 Å². The standard InChI is InChI=1S/C14H17ClN4O/c1-8-3-13(16-6-8)14(20)17-12-5-11-9(4-10(12)15)7-19(2)18-11/h4-5,7-8,13,16H,3,6H2,1-2H3,(H,17,20)/t8?,13-/m0/s1. The van der Waals surface area contributed by atoms with Gasteiger partial charge >= 0.3 is 0 Å². The van der Waals surface area contributed by atoms with Crippen molar-refractivity contribution in [2.45, 2.75) is 19.4 Å². The van der Waals surface area contributed by atoms with E-state index in [9.17, 15) is 4.79 Å². The van der Waals surface area contributed by atoms with E-state index < -0.39 is 0 Å². The van der Waals surface area contributed by atoms with Crippen molar-refractivity contribution < 1.29 is 4.79 Å². The first-order valence-electron chi connectivity index (χ1n) is 6.70. The first-order valence-corrected chi connectivity index (χ1v) is 7.08. The average molecular weight is 293 g/mol. The normalized spacial score (nSPS) is 22.4. The highest BCUT2D eigenvalue weighted by Gasteiger charge is 2.27. The minimum absolute atomic E-state index is 0.0356. The molecule has 1 aliphatic heterocycles. The second kappa shape index (κ2) is 5.07. The van der Waals surface area contributed by atoms with Crippen LogP contribution in [0.25, 0.3) is 10.9 Å². The fourth-order valence-corrected chi connectivity index (χ4v) is 2.81. The van der Waals surface area contributed by atoms with Crippen molar-refractivity contribution in [2.75, 3.05) is 11.9 Å². The van der Waals surface area contributed by atoms with Crippen LogP contribution in [0.2, 0.25) is 5.02 Å². The molecule has 5 nitrogen and oxygen atoms in total. The Hall–Kier alpha value is -1.59. The summed E-state index contributed by atoms with van der Waals surface area (Å²) in [6.45, 7) is 3.01. The molecule has 1 amide bonds. The van der Waals surface area contributed by atoms with Crippen LogP contribution < -0.4 is 10.6 Å². The van der Waals surface area contributed by atoms with Crippen LogP contribution in [0.15, 0.2) is 18.3 Å². The highest BCUT2D eigenvalue weighted by molar-refractivity contribution is 6.34. The van der Waals surface area contributed by atoms with Crippen molar-refractivity contribution in [3.63, 3.8) is 0 Å². The van der Waals surface area contributed by atoms with Gasteiger partial charge < -0.3 is 10.6 Å². The maximum atomic E-state index is 12.2. The predicted octanol–water partition coefficient (Wildman–Crippen LogP) is 2.16. The van der Waals surface area contributed by atoms with E-state index in [-0.39, 0.29) is 11.9 Å². The molecule has 6 heteroatoms. The molecule has 2 heterocycles. The number of hydrogen-bond donors (Lipinski definition) is 2. The molecule has 2 aromatic rings. The number of nitrogens with zero attached hydrogens (tertiary/aromatic N) is 2. The van der Waals surface area contributed by atoms with Crippen molar-refractivity contribution in [3.05, 3.63) is 23.4 Å². The fraction of sp³-hybridized carbons (Fsp3) is 0.429. The number of rotatable bonds is 2. The van der Waals surface area contributed by atoms with E-state index in [1.165, 1.54) is 0 Å². The lowest BCUT2D eigenvalue weighted by Crippen LogP contribution is -2.35. The third-order valence-corrected chi connectivity index (χ3v) is 3.95. The predicted molar refractivity (Wildman–Crippen MR) is 79.9 cm³/mol. The van der Waals surface area contributed by atoms with Gasteiger partial charge in [-0.25, -0.2) is 0 Å². The van der Waals surface area contributed by atoms with Gasteiger partial charge in [-0.3, -0.25) is 9.48 Å². The number of benzene rings is 1. The zero-order chi connectivity index (χ0) is 14.3. The Morgan fingerprint density at radius 1 is 1.55 bits per heavy atom. The minimum atomic E-state index is -0.138. The number of halogens is 1. The molecule has 1 aromatic heterocycles. The van der Waals surface area contributed by atoms with Crippen LogP contribution in [0.3, 0.4) is 0 Å².